The Balaban J connectivity index is 2.17. The van der Waals surface area contributed by atoms with Crippen molar-refractivity contribution in [2.24, 2.45) is 0 Å². The van der Waals surface area contributed by atoms with Gasteiger partial charge in [0.05, 0.1) is 15.6 Å². The van der Waals surface area contributed by atoms with Gasteiger partial charge in [0, 0.05) is 11.4 Å². The molecule has 86 valence electrons. The first-order valence-corrected chi connectivity index (χ1v) is 6.38. The highest BCUT2D eigenvalue weighted by Crippen LogP contribution is 2.24. The first kappa shape index (κ1) is 12.0. The lowest BCUT2D eigenvalue weighted by atomic mass is 10.1. The van der Waals surface area contributed by atoms with Gasteiger partial charge in [-0.15, -0.1) is 11.3 Å². The Bertz CT molecular complexity index is 569. The zero-order chi connectivity index (χ0) is 12.3. The van der Waals surface area contributed by atoms with Gasteiger partial charge in [0.2, 0.25) is 0 Å². The molecule has 0 unspecified atom stereocenters. The van der Waals surface area contributed by atoms with Crippen molar-refractivity contribution in [3.63, 3.8) is 0 Å². The van der Waals surface area contributed by atoms with E-state index in [1.165, 1.54) is 0 Å². The van der Waals surface area contributed by atoms with Crippen LogP contribution in [-0.4, -0.2) is 0 Å². The molecular weight excluding hydrogens is 252 g/mol. The SMILES string of the molecule is Cc1cccc(C#N)c1NCc1ccc(Cl)s1. The minimum Gasteiger partial charge on any atom is -0.379 e. The van der Waals surface area contributed by atoms with E-state index < -0.39 is 0 Å². The maximum atomic E-state index is 9.04. The lowest BCUT2D eigenvalue weighted by Crippen LogP contribution is -2.01. The molecule has 0 aliphatic carbocycles. The summed E-state index contributed by atoms with van der Waals surface area (Å²) < 4.78 is 0.784. The summed E-state index contributed by atoms with van der Waals surface area (Å²) in [4.78, 5) is 1.15. The Morgan fingerprint density at radius 2 is 2.18 bits per heavy atom. The van der Waals surface area contributed by atoms with Gasteiger partial charge in [-0.2, -0.15) is 5.26 Å². The zero-order valence-corrected chi connectivity index (χ0v) is 10.9. The number of hydrogen-bond acceptors (Lipinski definition) is 3. The molecule has 1 heterocycles. The lowest BCUT2D eigenvalue weighted by molar-refractivity contribution is 1.17. The number of nitrogens with one attached hydrogen (secondary N) is 1. The fraction of sp³-hybridized carbons (Fsp3) is 0.154. The molecule has 0 bridgehead atoms. The third-order valence-corrected chi connectivity index (χ3v) is 3.69. The van der Waals surface area contributed by atoms with Gasteiger partial charge in [-0.05, 0) is 30.7 Å². The maximum Gasteiger partial charge on any atom is 0.101 e. The van der Waals surface area contributed by atoms with Crippen LogP contribution < -0.4 is 5.32 Å². The fourth-order valence-corrected chi connectivity index (χ4v) is 2.65. The van der Waals surface area contributed by atoms with Crippen LogP contribution in [0.5, 0.6) is 0 Å². The molecule has 0 aliphatic rings. The minimum absolute atomic E-state index is 0.674. The molecule has 2 aromatic rings. The van der Waals surface area contributed by atoms with E-state index in [0.717, 1.165) is 20.5 Å². The summed E-state index contributed by atoms with van der Waals surface area (Å²) in [6.07, 6.45) is 0. The van der Waals surface area contributed by atoms with Crippen molar-refractivity contribution in [3.8, 4) is 6.07 Å². The lowest BCUT2D eigenvalue weighted by Gasteiger charge is -2.09. The van der Waals surface area contributed by atoms with E-state index >= 15 is 0 Å². The molecule has 2 nitrogen and oxygen atoms in total. The second-order valence-electron chi connectivity index (χ2n) is 3.67. The van der Waals surface area contributed by atoms with Crippen LogP contribution in [0, 0.1) is 18.3 Å². The van der Waals surface area contributed by atoms with Crippen molar-refractivity contribution in [3.05, 3.63) is 50.7 Å². The quantitative estimate of drug-likeness (QED) is 0.900. The van der Waals surface area contributed by atoms with Crippen LogP contribution in [0.3, 0.4) is 0 Å². The molecule has 2 rings (SSSR count). The number of rotatable bonds is 3. The molecule has 0 aliphatic heterocycles. The molecule has 0 fully saturated rings. The number of nitrogens with zero attached hydrogens (tertiary/aromatic N) is 1. The Morgan fingerprint density at radius 3 is 2.82 bits per heavy atom. The average Bonchev–Trinajstić information content (AvgIpc) is 2.73. The van der Waals surface area contributed by atoms with Crippen molar-refractivity contribution >= 4 is 28.6 Å². The molecule has 0 spiro atoms. The number of para-hydroxylation sites is 1. The molecule has 1 aromatic heterocycles. The number of anilines is 1. The van der Waals surface area contributed by atoms with Crippen molar-refractivity contribution in [1.29, 1.82) is 5.26 Å². The molecule has 17 heavy (non-hydrogen) atoms. The summed E-state index contributed by atoms with van der Waals surface area (Å²) in [6.45, 7) is 2.68. The molecule has 0 saturated heterocycles. The third-order valence-electron chi connectivity index (χ3n) is 2.46. The van der Waals surface area contributed by atoms with Gasteiger partial charge >= 0.3 is 0 Å². The molecule has 1 aromatic carbocycles. The van der Waals surface area contributed by atoms with E-state index in [0.29, 0.717) is 12.1 Å². The van der Waals surface area contributed by atoms with Gasteiger partial charge in [0.1, 0.15) is 6.07 Å². The van der Waals surface area contributed by atoms with E-state index in [4.69, 9.17) is 16.9 Å². The monoisotopic (exact) mass is 262 g/mol. The molecule has 0 atom stereocenters. The predicted molar refractivity (Wildman–Crippen MR) is 72.5 cm³/mol. The summed E-state index contributed by atoms with van der Waals surface area (Å²) in [5.74, 6) is 0. The Hall–Kier alpha value is -1.50. The summed E-state index contributed by atoms with van der Waals surface area (Å²) in [5.41, 5.74) is 2.65. The maximum absolute atomic E-state index is 9.04. The van der Waals surface area contributed by atoms with Gasteiger partial charge in [-0.3, -0.25) is 0 Å². The summed E-state index contributed by atoms with van der Waals surface area (Å²) >= 11 is 7.42. The van der Waals surface area contributed by atoms with E-state index in [1.54, 1.807) is 11.3 Å². The Kier molecular flexibility index (Phi) is 3.68. The number of halogens is 1. The molecular formula is C13H11ClN2S. The second kappa shape index (κ2) is 5.22. The first-order chi connectivity index (χ1) is 8.20. The Labute approximate surface area is 109 Å². The first-order valence-electron chi connectivity index (χ1n) is 5.18. The van der Waals surface area contributed by atoms with Crippen LogP contribution in [0.15, 0.2) is 30.3 Å². The number of hydrogen-bond donors (Lipinski definition) is 1. The number of benzene rings is 1. The number of aryl methyl sites for hydroxylation is 1. The van der Waals surface area contributed by atoms with Crippen LogP contribution in [-0.2, 0) is 6.54 Å². The van der Waals surface area contributed by atoms with Crippen molar-refractivity contribution < 1.29 is 0 Å². The van der Waals surface area contributed by atoms with Gasteiger partial charge in [0.25, 0.3) is 0 Å². The fourth-order valence-electron chi connectivity index (χ4n) is 1.62. The van der Waals surface area contributed by atoms with Gasteiger partial charge in [-0.25, -0.2) is 0 Å². The smallest absolute Gasteiger partial charge is 0.101 e. The second-order valence-corrected chi connectivity index (χ2v) is 5.47. The van der Waals surface area contributed by atoms with Crippen molar-refractivity contribution in [1.82, 2.24) is 0 Å². The van der Waals surface area contributed by atoms with Crippen LogP contribution >= 0.6 is 22.9 Å². The van der Waals surface area contributed by atoms with Gasteiger partial charge in [0.15, 0.2) is 0 Å². The van der Waals surface area contributed by atoms with Crippen molar-refractivity contribution in [2.45, 2.75) is 13.5 Å². The summed E-state index contributed by atoms with van der Waals surface area (Å²) in [6, 6.07) is 11.8. The largest absolute Gasteiger partial charge is 0.379 e. The zero-order valence-electron chi connectivity index (χ0n) is 9.33. The molecule has 0 amide bonds. The molecule has 0 radical (unpaired) electrons. The number of thiophene rings is 1. The highest BCUT2D eigenvalue weighted by molar-refractivity contribution is 7.16. The summed E-state index contributed by atoms with van der Waals surface area (Å²) in [5, 5.41) is 12.3. The van der Waals surface area contributed by atoms with E-state index in [1.807, 2.05) is 37.3 Å². The normalized spacial score (nSPS) is 9.94. The standard InChI is InChI=1S/C13H11ClN2S/c1-9-3-2-4-10(7-15)13(9)16-8-11-5-6-12(14)17-11/h2-6,16H,8H2,1H3. The van der Waals surface area contributed by atoms with Crippen LogP contribution in [0.25, 0.3) is 0 Å². The minimum atomic E-state index is 0.674. The highest BCUT2D eigenvalue weighted by Gasteiger charge is 2.05. The van der Waals surface area contributed by atoms with E-state index in [9.17, 15) is 0 Å². The molecule has 0 saturated carbocycles. The average molecular weight is 263 g/mol. The van der Waals surface area contributed by atoms with Crippen molar-refractivity contribution in [2.75, 3.05) is 5.32 Å². The van der Waals surface area contributed by atoms with Crippen LogP contribution in [0.2, 0.25) is 4.34 Å². The summed E-state index contributed by atoms with van der Waals surface area (Å²) in [7, 11) is 0. The van der Waals surface area contributed by atoms with Gasteiger partial charge in [-0.1, -0.05) is 23.7 Å². The van der Waals surface area contributed by atoms with E-state index in [2.05, 4.69) is 11.4 Å². The van der Waals surface area contributed by atoms with Crippen LogP contribution in [0.4, 0.5) is 5.69 Å². The van der Waals surface area contributed by atoms with Crippen LogP contribution in [0.1, 0.15) is 16.0 Å². The predicted octanol–water partition coefficient (Wildman–Crippen LogP) is 4.19. The molecule has 1 N–H and O–H groups in total. The van der Waals surface area contributed by atoms with Gasteiger partial charge < -0.3 is 5.32 Å². The molecule has 4 heteroatoms. The Morgan fingerprint density at radius 1 is 1.35 bits per heavy atom. The topological polar surface area (TPSA) is 35.8 Å². The number of nitriles is 1. The highest BCUT2D eigenvalue weighted by atomic mass is 35.5. The van der Waals surface area contributed by atoms with E-state index in [-0.39, 0.29) is 0 Å². The third kappa shape index (κ3) is 2.79.